The summed E-state index contributed by atoms with van der Waals surface area (Å²) in [6.45, 7) is 2.31. The highest BCUT2D eigenvalue weighted by atomic mass is 32.2. The van der Waals surface area contributed by atoms with Gasteiger partial charge in [0.1, 0.15) is 0 Å². The van der Waals surface area contributed by atoms with Crippen molar-refractivity contribution in [3.05, 3.63) is 90.0 Å². The Morgan fingerprint density at radius 3 is 2.39 bits per heavy atom. The number of Topliss-reactive ketones (excluding diaryl/α,β-unsaturated/α-hetero) is 1. The maximum Gasteiger partial charge on any atom is 0.234 e. The minimum atomic E-state index is -0.109. The number of aryl methyl sites for hydroxylation is 2. The first-order valence-corrected chi connectivity index (χ1v) is 11.1. The molecule has 4 rings (SSSR count). The van der Waals surface area contributed by atoms with E-state index < -0.39 is 0 Å². The topological polar surface area (TPSA) is 64.0 Å². The lowest BCUT2D eigenvalue weighted by molar-refractivity contribution is -0.113. The molecule has 0 aliphatic rings. The van der Waals surface area contributed by atoms with Crippen LogP contribution in [0, 0.1) is 0 Å². The predicted molar refractivity (Wildman–Crippen MR) is 126 cm³/mol. The van der Waals surface area contributed by atoms with E-state index in [-0.39, 0.29) is 17.4 Å². The highest BCUT2D eigenvalue weighted by molar-refractivity contribution is 7.99. The Morgan fingerprint density at radius 1 is 0.935 bits per heavy atom. The van der Waals surface area contributed by atoms with Gasteiger partial charge in [-0.1, -0.05) is 54.2 Å². The molecule has 0 bridgehead atoms. The molecule has 1 amide bonds. The molecule has 0 spiro atoms. The average molecular weight is 430 g/mol. The molecule has 4 aromatic rings. The van der Waals surface area contributed by atoms with Gasteiger partial charge in [-0.2, -0.15) is 0 Å². The summed E-state index contributed by atoms with van der Waals surface area (Å²) in [5.41, 5.74) is 4.56. The number of aromatic nitrogens is 2. The van der Waals surface area contributed by atoms with Crippen LogP contribution in [0.25, 0.3) is 11.0 Å². The number of amides is 1. The molecule has 0 aliphatic heterocycles. The van der Waals surface area contributed by atoms with Gasteiger partial charge in [0.05, 0.1) is 16.8 Å². The maximum absolute atomic E-state index is 12.5. The summed E-state index contributed by atoms with van der Waals surface area (Å²) in [4.78, 5) is 28.6. The Kier molecular flexibility index (Phi) is 6.48. The summed E-state index contributed by atoms with van der Waals surface area (Å²) in [6, 6.07) is 25.3. The highest BCUT2D eigenvalue weighted by Crippen LogP contribution is 2.25. The van der Waals surface area contributed by atoms with Crippen LogP contribution in [-0.4, -0.2) is 27.0 Å². The fraction of sp³-hybridized carbons (Fsp3) is 0.160. The zero-order chi connectivity index (χ0) is 21.6. The smallest absolute Gasteiger partial charge is 0.234 e. The molecule has 5 nitrogen and oxygen atoms in total. The fourth-order valence-electron chi connectivity index (χ4n) is 3.38. The number of nitrogens with one attached hydrogen (secondary N) is 1. The molecule has 156 valence electrons. The van der Waals surface area contributed by atoms with Crippen LogP contribution in [0.5, 0.6) is 0 Å². The van der Waals surface area contributed by atoms with Gasteiger partial charge in [-0.25, -0.2) is 4.98 Å². The number of carbonyl (C=O) groups is 2. The molecule has 0 saturated heterocycles. The number of benzene rings is 3. The molecule has 0 radical (unpaired) electrons. The van der Waals surface area contributed by atoms with Crippen molar-refractivity contribution in [1.82, 2.24) is 9.55 Å². The van der Waals surface area contributed by atoms with Crippen molar-refractivity contribution >= 4 is 40.2 Å². The number of anilines is 1. The van der Waals surface area contributed by atoms with Gasteiger partial charge < -0.3 is 9.88 Å². The van der Waals surface area contributed by atoms with Gasteiger partial charge in [0.15, 0.2) is 10.9 Å². The van der Waals surface area contributed by atoms with Gasteiger partial charge in [-0.3, -0.25) is 9.59 Å². The number of hydrogen-bond acceptors (Lipinski definition) is 4. The van der Waals surface area contributed by atoms with E-state index in [4.69, 9.17) is 4.98 Å². The van der Waals surface area contributed by atoms with Crippen LogP contribution in [0.2, 0.25) is 0 Å². The molecule has 0 saturated carbocycles. The minimum absolute atomic E-state index is 0.00263. The molecule has 0 atom stereocenters. The largest absolute Gasteiger partial charge is 0.325 e. The molecule has 0 unspecified atom stereocenters. The summed E-state index contributed by atoms with van der Waals surface area (Å²) >= 11 is 1.43. The third-order valence-electron chi connectivity index (χ3n) is 4.99. The number of carbonyl (C=O) groups excluding carboxylic acids is 2. The predicted octanol–water partition coefficient (Wildman–Crippen LogP) is 5.21. The van der Waals surface area contributed by atoms with Crippen molar-refractivity contribution in [2.24, 2.45) is 0 Å². The van der Waals surface area contributed by atoms with Gasteiger partial charge in [-0.05, 0) is 55.3 Å². The van der Waals surface area contributed by atoms with Crippen molar-refractivity contribution in [2.75, 3.05) is 11.1 Å². The quantitative estimate of drug-likeness (QED) is 0.308. The SMILES string of the molecule is CC(=O)c1ccc(NC(=O)CSc2nc3ccccc3n2CCc2ccccc2)cc1. The third kappa shape index (κ3) is 5.22. The number of fused-ring (bicyclic) bond motifs is 1. The molecule has 0 fully saturated rings. The number of ketones is 1. The van der Waals surface area contributed by atoms with Crippen LogP contribution in [0.3, 0.4) is 0 Å². The third-order valence-corrected chi connectivity index (χ3v) is 5.97. The summed E-state index contributed by atoms with van der Waals surface area (Å²) < 4.78 is 2.18. The number of imidazole rings is 1. The first-order chi connectivity index (χ1) is 15.1. The summed E-state index contributed by atoms with van der Waals surface area (Å²) in [6.07, 6.45) is 0.892. The second-order valence-electron chi connectivity index (χ2n) is 7.24. The van der Waals surface area contributed by atoms with E-state index in [1.807, 2.05) is 36.4 Å². The van der Waals surface area contributed by atoms with Crippen molar-refractivity contribution < 1.29 is 9.59 Å². The molecular formula is C25H23N3O2S. The number of para-hydroxylation sites is 2. The van der Waals surface area contributed by atoms with E-state index in [1.54, 1.807) is 24.3 Å². The van der Waals surface area contributed by atoms with Gasteiger partial charge in [0.25, 0.3) is 0 Å². The first kappa shape index (κ1) is 20.9. The second kappa shape index (κ2) is 9.62. The van der Waals surface area contributed by atoms with Gasteiger partial charge in [0, 0.05) is 17.8 Å². The van der Waals surface area contributed by atoms with Crippen LogP contribution in [0.4, 0.5) is 5.69 Å². The Bertz CT molecular complexity index is 1200. The summed E-state index contributed by atoms with van der Waals surface area (Å²) in [7, 11) is 0. The van der Waals surface area contributed by atoms with Crippen molar-refractivity contribution in [1.29, 1.82) is 0 Å². The second-order valence-corrected chi connectivity index (χ2v) is 8.18. The lowest BCUT2D eigenvalue weighted by atomic mass is 10.1. The Balaban J connectivity index is 1.44. The normalized spacial score (nSPS) is 10.9. The molecule has 31 heavy (non-hydrogen) atoms. The zero-order valence-corrected chi connectivity index (χ0v) is 18.1. The lowest BCUT2D eigenvalue weighted by Gasteiger charge is -2.10. The maximum atomic E-state index is 12.5. The van der Waals surface area contributed by atoms with Crippen molar-refractivity contribution in [2.45, 2.75) is 25.0 Å². The van der Waals surface area contributed by atoms with Crippen LogP contribution in [-0.2, 0) is 17.8 Å². The monoisotopic (exact) mass is 429 g/mol. The van der Waals surface area contributed by atoms with E-state index in [1.165, 1.54) is 24.2 Å². The number of thioether (sulfide) groups is 1. The Labute approximate surface area is 185 Å². The molecule has 1 heterocycles. The van der Waals surface area contributed by atoms with E-state index in [0.29, 0.717) is 11.3 Å². The van der Waals surface area contributed by atoms with Crippen molar-refractivity contribution in [3.8, 4) is 0 Å². The Hall–Kier alpha value is -3.38. The number of nitrogens with zero attached hydrogens (tertiary/aromatic N) is 2. The first-order valence-electron chi connectivity index (χ1n) is 10.1. The van der Waals surface area contributed by atoms with Crippen LogP contribution >= 0.6 is 11.8 Å². The summed E-state index contributed by atoms with van der Waals surface area (Å²) in [5.74, 6) is 0.147. The molecule has 1 aromatic heterocycles. The van der Waals surface area contributed by atoms with Gasteiger partial charge >= 0.3 is 0 Å². The van der Waals surface area contributed by atoms with E-state index in [0.717, 1.165) is 29.2 Å². The highest BCUT2D eigenvalue weighted by Gasteiger charge is 2.13. The van der Waals surface area contributed by atoms with Crippen LogP contribution in [0.15, 0.2) is 84.0 Å². The molecule has 6 heteroatoms. The van der Waals surface area contributed by atoms with Crippen molar-refractivity contribution in [3.63, 3.8) is 0 Å². The Morgan fingerprint density at radius 2 is 1.65 bits per heavy atom. The summed E-state index contributed by atoms with van der Waals surface area (Å²) in [5, 5.41) is 3.71. The fourth-order valence-corrected chi connectivity index (χ4v) is 4.22. The lowest BCUT2D eigenvalue weighted by Crippen LogP contribution is -2.15. The van der Waals surface area contributed by atoms with Crippen LogP contribution < -0.4 is 5.32 Å². The molecule has 1 N–H and O–H groups in total. The molecule has 0 aliphatic carbocycles. The van der Waals surface area contributed by atoms with E-state index in [9.17, 15) is 9.59 Å². The number of hydrogen-bond donors (Lipinski definition) is 1. The zero-order valence-electron chi connectivity index (χ0n) is 17.2. The van der Waals surface area contributed by atoms with E-state index >= 15 is 0 Å². The van der Waals surface area contributed by atoms with Crippen LogP contribution in [0.1, 0.15) is 22.8 Å². The van der Waals surface area contributed by atoms with E-state index in [2.05, 4.69) is 28.1 Å². The average Bonchev–Trinajstić information content (AvgIpc) is 3.15. The molecule has 3 aromatic carbocycles. The van der Waals surface area contributed by atoms with Gasteiger partial charge in [-0.15, -0.1) is 0 Å². The minimum Gasteiger partial charge on any atom is -0.325 e. The number of rotatable bonds is 8. The molecular weight excluding hydrogens is 406 g/mol. The standard InChI is InChI=1S/C25H23N3O2S/c1-18(29)20-11-13-21(14-12-20)26-24(30)17-31-25-27-22-9-5-6-10-23(22)28(25)16-15-19-7-3-2-4-8-19/h2-14H,15-17H2,1H3,(H,26,30). The van der Waals surface area contributed by atoms with Gasteiger partial charge in [0.2, 0.25) is 5.91 Å².